The van der Waals surface area contributed by atoms with Crippen molar-refractivity contribution in [2.45, 2.75) is 36.9 Å². The molecular weight excluding hydrogens is 567 g/mol. The van der Waals surface area contributed by atoms with Crippen molar-refractivity contribution in [1.29, 1.82) is 0 Å². The van der Waals surface area contributed by atoms with Crippen LogP contribution >= 0.6 is 0 Å². The number of β-lactam (4-membered cyclic amide) rings is 1. The van der Waals surface area contributed by atoms with E-state index in [1.54, 1.807) is 72.8 Å². The number of amides is 3. The molecule has 0 aromatic heterocycles. The van der Waals surface area contributed by atoms with Gasteiger partial charge in [-0.25, -0.2) is 9.59 Å². The van der Waals surface area contributed by atoms with Gasteiger partial charge >= 0.3 is 18.2 Å². The molecule has 43 heavy (non-hydrogen) atoms. The van der Waals surface area contributed by atoms with Gasteiger partial charge in [-0.2, -0.15) is 13.2 Å². The van der Waals surface area contributed by atoms with E-state index in [4.69, 9.17) is 4.74 Å². The van der Waals surface area contributed by atoms with E-state index < -0.39 is 66.3 Å². The zero-order chi connectivity index (χ0) is 30.7. The molecule has 5 rings (SSSR count). The van der Waals surface area contributed by atoms with Gasteiger partial charge in [0.1, 0.15) is 12.6 Å². The lowest BCUT2D eigenvalue weighted by Crippen LogP contribution is -2.75. The van der Waals surface area contributed by atoms with Crippen LogP contribution in [0, 0.1) is 0 Å². The van der Waals surface area contributed by atoms with Gasteiger partial charge in [-0.05, 0) is 28.8 Å². The van der Waals surface area contributed by atoms with Crippen molar-refractivity contribution in [3.05, 3.63) is 113 Å². The van der Waals surface area contributed by atoms with Gasteiger partial charge in [-0.1, -0.05) is 84.9 Å². The molecule has 9 nitrogen and oxygen atoms in total. The molecule has 3 unspecified atom stereocenters. The Balaban J connectivity index is 1.43. The van der Waals surface area contributed by atoms with Gasteiger partial charge in [0.25, 0.3) is 5.91 Å². The number of hydrogen-bond donors (Lipinski definition) is 2. The molecule has 0 bridgehead atoms. The molecule has 0 spiro atoms. The molecule has 2 heterocycles. The minimum atomic E-state index is -4.60. The lowest BCUT2D eigenvalue weighted by atomic mass is 9.88. The number of alkyl halides is 3. The van der Waals surface area contributed by atoms with E-state index in [2.05, 4.69) is 5.32 Å². The van der Waals surface area contributed by atoms with Gasteiger partial charge in [0.2, 0.25) is 11.9 Å². The van der Waals surface area contributed by atoms with Crippen LogP contribution in [0.15, 0.2) is 91.0 Å². The number of nitrogens with zero attached hydrogens (tertiary/aromatic N) is 2. The van der Waals surface area contributed by atoms with Crippen LogP contribution in [0.25, 0.3) is 6.08 Å². The number of benzene rings is 3. The Morgan fingerprint density at radius 3 is 2.33 bits per heavy atom. The zero-order valence-electron chi connectivity index (χ0n) is 22.5. The first-order valence-corrected chi connectivity index (χ1v) is 13.3. The lowest BCUT2D eigenvalue weighted by molar-refractivity contribution is -0.171. The Bertz CT molecular complexity index is 1550. The molecule has 0 aliphatic carbocycles. The average molecular weight is 594 g/mol. The van der Waals surface area contributed by atoms with Gasteiger partial charge in [0, 0.05) is 6.54 Å². The van der Waals surface area contributed by atoms with Crippen molar-refractivity contribution in [3.8, 4) is 0 Å². The number of ether oxygens (including phenoxy) is 1. The van der Waals surface area contributed by atoms with E-state index >= 15 is 0 Å². The van der Waals surface area contributed by atoms with E-state index in [0.29, 0.717) is 5.56 Å². The zero-order valence-corrected chi connectivity index (χ0v) is 22.5. The lowest BCUT2D eigenvalue weighted by Gasteiger charge is -2.51. The summed E-state index contributed by atoms with van der Waals surface area (Å²) in [6.07, 6.45) is -2.17. The number of carbonyl (C=O) groups excluding carboxylic acids is 3. The Hall–Kier alpha value is -5.13. The smallest absolute Gasteiger partial charge is 0.416 e. The molecule has 2 fully saturated rings. The molecule has 3 amide bonds. The second-order valence-corrected chi connectivity index (χ2v) is 10.0. The number of carbonyl (C=O) groups is 4. The summed E-state index contributed by atoms with van der Waals surface area (Å²) >= 11 is 0. The number of carboxylic acid groups (broad SMARTS) is 1. The first-order valence-electron chi connectivity index (χ1n) is 13.3. The third-order valence-electron chi connectivity index (χ3n) is 7.31. The molecule has 2 saturated heterocycles. The summed E-state index contributed by atoms with van der Waals surface area (Å²) in [6, 6.07) is 17.2. The van der Waals surface area contributed by atoms with Crippen molar-refractivity contribution in [2.24, 2.45) is 0 Å². The van der Waals surface area contributed by atoms with Gasteiger partial charge in [0.15, 0.2) is 0 Å². The first-order chi connectivity index (χ1) is 20.6. The first kappa shape index (κ1) is 29.4. The van der Waals surface area contributed by atoms with E-state index in [9.17, 15) is 37.5 Å². The molecule has 0 radical (unpaired) electrons. The van der Waals surface area contributed by atoms with E-state index in [1.807, 2.05) is 0 Å². The quantitative estimate of drug-likeness (QED) is 0.283. The number of likely N-dealkylation sites (tertiary alicyclic amines) is 1. The monoisotopic (exact) mass is 593 g/mol. The second-order valence-electron chi connectivity index (χ2n) is 10.0. The molecule has 12 heteroatoms. The largest absolute Gasteiger partial charge is 0.479 e. The number of rotatable bonds is 9. The molecule has 0 saturated carbocycles. The predicted octanol–water partition coefficient (Wildman–Crippen LogP) is 4.26. The summed E-state index contributed by atoms with van der Waals surface area (Å²) in [5, 5.41) is 12.4. The average Bonchev–Trinajstić information content (AvgIpc) is 3.37. The minimum Gasteiger partial charge on any atom is -0.479 e. The molecule has 3 aromatic carbocycles. The molecule has 4 atom stereocenters. The fourth-order valence-corrected chi connectivity index (χ4v) is 5.24. The summed E-state index contributed by atoms with van der Waals surface area (Å²) in [5.41, 5.74) is 0.599. The third kappa shape index (κ3) is 6.08. The van der Waals surface area contributed by atoms with Crippen molar-refractivity contribution in [2.75, 3.05) is 6.61 Å². The normalized spacial score (nSPS) is 21.0. The summed E-state index contributed by atoms with van der Waals surface area (Å²) in [6.45, 7) is -0.432. The molecule has 2 N–H and O–H groups in total. The molecule has 3 aromatic rings. The van der Waals surface area contributed by atoms with E-state index in [-0.39, 0.29) is 12.2 Å². The Labute approximate surface area is 244 Å². The van der Waals surface area contributed by atoms with Gasteiger partial charge in [0.05, 0.1) is 17.6 Å². The number of hydrogen-bond acceptors (Lipinski definition) is 5. The highest BCUT2D eigenvalue weighted by Crippen LogP contribution is 2.38. The van der Waals surface area contributed by atoms with Crippen molar-refractivity contribution >= 4 is 30.0 Å². The second kappa shape index (κ2) is 12.0. The highest BCUT2D eigenvalue weighted by Gasteiger charge is 2.59. The topological polar surface area (TPSA) is 116 Å². The molecular formula is C31H26F3N3O6. The van der Waals surface area contributed by atoms with Crippen LogP contribution in [0.4, 0.5) is 18.0 Å². The third-order valence-corrected chi connectivity index (χ3v) is 7.31. The maximum Gasteiger partial charge on any atom is 0.416 e. The number of halogens is 3. The number of cyclic esters (lactones) is 1. The van der Waals surface area contributed by atoms with Crippen LogP contribution in [-0.2, 0) is 31.8 Å². The molecule has 2 aliphatic rings. The maximum absolute atomic E-state index is 13.6. The van der Waals surface area contributed by atoms with Crippen molar-refractivity contribution in [3.63, 3.8) is 0 Å². The van der Waals surface area contributed by atoms with Crippen LogP contribution in [0.1, 0.15) is 28.3 Å². The summed E-state index contributed by atoms with van der Waals surface area (Å²) in [4.78, 5) is 54.2. The summed E-state index contributed by atoms with van der Waals surface area (Å²) in [5.74, 6) is -3.53. The SMILES string of the molecule is O=C(O)C(C(=O)NCc1cccc(C(F)(F)F)c1)N1C(=O)C(N2C(=O)OC[C@@H]2c2ccccc2)C1C=Cc1ccccc1. The number of carboxylic acids is 1. The van der Waals surface area contributed by atoms with Gasteiger partial charge in [-0.3, -0.25) is 14.5 Å². The van der Waals surface area contributed by atoms with E-state index in [0.717, 1.165) is 22.6 Å². The minimum absolute atomic E-state index is 0.0262. The Kier molecular flexibility index (Phi) is 8.20. The summed E-state index contributed by atoms with van der Waals surface area (Å²) < 4.78 is 44.6. The van der Waals surface area contributed by atoms with Crippen molar-refractivity contribution < 1.29 is 42.2 Å². The Morgan fingerprint density at radius 1 is 1.00 bits per heavy atom. The van der Waals surface area contributed by atoms with Crippen LogP contribution in [-0.4, -0.2) is 63.5 Å². The van der Waals surface area contributed by atoms with Crippen LogP contribution in [0.2, 0.25) is 0 Å². The fourth-order valence-electron chi connectivity index (χ4n) is 5.24. The molecule has 2 aliphatic heterocycles. The molecule has 222 valence electrons. The Morgan fingerprint density at radius 2 is 1.67 bits per heavy atom. The fraction of sp³-hybridized carbons (Fsp3) is 0.226. The van der Waals surface area contributed by atoms with Crippen LogP contribution in [0.3, 0.4) is 0 Å². The number of aliphatic carboxylic acids is 1. The highest BCUT2D eigenvalue weighted by atomic mass is 19.4. The maximum atomic E-state index is 13.6. The predicted molar refractivity (Wildman–Crippen MR) is 147 cm³/mol. The van der Waals surface area contributed by atoms with Crippen LogP contribution < -0.4 is 5.32 Å². The highest BCUT2D eigenvalue weighted by molar-refractivity contribution is 6.07. The standard InChI is InChI=1S/C31H26F3N3O6/c32-31(33,34)22-13-7-10-20(16-22)17-35-27(38)26(29(40)41)36-23(15-14-19-8-3-1-4-9-19)25(28(36)39)37-24(18-43-30(37)42)21-11-5-2-6-12-21/h1-16,23-26H,17-18H2,(H,35,38)(H,40,41)/t23?,24-,25?,26?/m1/s1. The van der Waals surface area contributed by atoms with E-state index in [1.165, 1.54) is 17.0 Å². The summed E-state index contributed by atoms with van der Waals surface area (Å²) in [7, 11) is 0. The van der Waals surface area contributed by atoms with Gasteiger partial charge in [-0.15, -0.1) is 0 Å². The number of nitrogens with one attached hydrogen (secondary N) is 1. The van der Waals surface area contributed by atoms with Crippen LogP contribution in [0.5, 0.6) is 0 Å². The van der Waals surface area contributed by atoms with Crippen molar-refractivity contribution in [1.82, 2.24) is 15.1 Å². The van der Waals surface area contributed by atoms with Gasteiger partial charge < -0.3 is 20.1 Å².